The second kappa shape index (κ2) is 6.77. The summed E-state index contributed by atoms with van der Waals surface area (Å²) in [5.41, 5.74) is 1.37. The third kappa shape index (κ3) is 3.82. The molecule has 0 aliphatic heterocycles. The van der Waals surface area contributed by atoms with Crippen LogP contribution in [0.15, 0.2) is 53.9 Å². The van der Waals surface area contributed by atoms with Crippen LogP contribution in [-0.4, -0.2) is 21.1 Å². The Morgan fingerprint density at radius 2 is 2.00 bits per heavy atom. The first-order valence-corrected chi connectivity index (χ1v) is 7.50. The summed E-state index contributed by atoms with van der Waals surface area (Å²) in [5, 5.41) is 2.00. The van der Waals surface area contributed by atoms with Crippen molar-refractivity contribution in [2.75, 3.05) is 11.1 Å². The zero-order valence-electron chi connectivity index (χ0n) is 9.29. The topological polar surface area (TPSA) is 25.8 Å². The fraction of sp³-hybridized carbons (Fsp3) is 0.231. The molecule has 0 bridgehead atoms. The predicted molar refractivity (Wildman–Crippen MR) is 75.7 cm³/mol. The second-order valence-corrected chi connectivity index (χ2v) is 5.31. The zero-order valence-corrected chi connectivity index (χ0v) is 11.7. The lowest BCUT2D eigenvalue weighted by Gasteiger charge is -2.13. The van der Waals surface area contributed by atoms with E-state index in [9.17, 15) is 0 Å². The van der Waals surface area contributed by atoms with Crippen LogP contribution in [0.4, 0.5) is 0 Å². The summed E-state index contributed by atoms with van der Waals surface area (Å²) in [6, 6.07) is 12.5. The summed E-state index contributed by atoms with van der Waals surface area (Å²) >= 11 is 5.35. The average molecular weight is 309 g/mol. The van der Waals surface area contributed by atoms with E-state index in [4.69, 9.17) is 0 Å². The molecular weight excluding hydrogens is 296 g/mol. The Hall–Kier alpha value is -0.870. The second-order valence-electron chi connectivity index (χ2n) is 3.62. The van der Waals surface area contributed by atoms with Crippen molar-refractivity contribution in [2.24, 2.45) is 0 Å². The summed E-state index contributed by atoms with van der Waals surface area (Å²) in [5.74, 6) is 1.53. The fourth-order valence-corrected chi connectivity index (χ4v) is 3.37. The number of rotatable bonds is 5. The maximum atomic E-state index is 4.22. The molecule has 0 saturated heterocycles. The number of benzene rings is 1. The first-order chi connectivity index (χ1) is 8.40. The standard InChI is InChI=1S/C13H13BrN2S/c14-8-12(11-4-2-1-3-5-11)9-17-13-6-7-15-10-16-13/h1-7,10,12H,8-9H2. The predicted octanol–water partition coefficient (Wildman–Crippen LogP) is 3.75. The molecule has 1 aromatic heterocycles. The Bertz CT molecular complexity index is 436. The van der Waals surface area contributed by atoms with Crippen molar-refractivity contribution in [3.05, 3.63) is 54.5 Å². The number of nitrogens with zero attached hydrogens (tertiary/aromatic N) is 2. The smallest absolute Gasteiger partial charge is 0.116 e. The molecule has 0 aliphatic carbocycles. The Kier molecular flexibility index (Phi) is 5.01. The number of hydrogen-bond donors (Lipinski definition) is 0. The third-order valence-corrected chi connectivity index (χ3v) is 4.33. The third-order valence-electron chi connectivity index (χ3n) is 2.44. The summed E-state index contributed by atoms with van der Waals surface area (Å²) in [6.45, 7) is 0. The first kappa shape index (κ1) is 12.6. The van der Waals surface area contributed by atoms with Gasteiger partial charge in [0.05, 0.1) is 5.03 Å². The minimum absolute atomic E-state index is 0.510. The molecular formula is C13H13BrN2S. The van der Waals surface area contributed by atoms with Crippen LogP contribution in [0.25, 0.3) is 0 Å². The average Bonchev–Trinajstić information content (AvgIpc) is 2.42. The highest BCUT2D eigenvalue weighted by Crippen LogP contribution is 2.26. The van der Waals surface area contributed by atoms with Gasteiger partial charge in [-0.3, -0.25) is 0 Å². The van der Waals surface area contributed by atoms with Crippen molar-refractivity contribution < 1.29 is 0 Å². The molecule has 4 heteroatoms. The van der Waals surface area contributed by atoms with Crippen molar-refractivity contribution >= 4 is 27.7 Å². The summed E-state index contributed by atoms with van der Waals surface area (Å²) in [7, 11) is 0. The van der Waals surface area contributed by atoms with Crippen molar-refractivity contribution in [2.45, 2.75) is 10.9 Å². The van der Waals surface area contributed by atoms with Gasteiger partial charge in [0.1, 0.15) is 6.33 Å². The zero-order chi connectivity index (χ0) is 11.9. The van der Waals surface area contributed by atoms with Crippen molar-refractivity contribution in [3.8, 4) is 0 Å². The lowest BCUT2D eigenvalue weighted by Crippen LogP contribution is -2.03. The monoisotopic (exact) mass is 308 g/mol. The van der Waals surface area contributed by atoms with Gasteiger partial charge in [0.25, 0.3) is 0 Å². The molecule has 2 rings (SSSR count). The molecule has 2 aromatic rings. The fourth-order valence-electron chi connectivity index (χ4n) is 1.50. The maximum absolute atomic E-state index is 4.22. The van der Waals surface area contributed by atoms with E-state index in [0.717, 1.165) is 16.1 Å². The Labute approximate surface area is 114 Å². The van der Waals surface area contributed by atoms with Crippen LogP contribution in [-0.2, 0) is 0 Å². The normalized spacial score (nSPS) is 12.3. The molecule has 0 radical (unpaired) electrons. The summed E-state index contributed by atoms with van der Waals surface area (Å²) < 4.78 is 0. The van der Waals surface area contributed by atoms with E-state index in [2.05, 4.69) is 50.2 Å². The van der Waals surface area contributed by atoms with Gasteiger partial charge >= 0.3 is 0 Å². The molecule has 1 atom stereocenters. The minimum atomic E-state index is 0.510. The van der Waals surface area contributed by atoms with Crippen LogP contribution in [0.3, 0.4) is 0 Å². The van der Waals surface area contributed by atoms with Crippen molar-refractivity contribution in [1.29, 1.82) is 0 Å². The molecule has 0 saturated carbocycles. The van der Waals surface area contributed by atoms with Crippen molar-refractivity contribution in [3.63, 3.8) is 0 Å². The molecule has 1 heterocycles. The van der Waals surface area contributed by atoms with Crippen LogP contribution in [0.2, 0.25) is 0 Å². The lowest BCUT2D eigenvalue weighted by atomic mass is 10.0. The van der Waals surface area contributed by atoms with Gasteiger partial charge < -0.3 is 0 Å². The van der Waals surface area contributed by atoms with Gasteiger partial charge in [0.15, 0.2) is 0 Å². The lowest BCUT2D eigenvalue weighted by molar-refractivity contribution is 0.898. The van der Waals surface area contributed by atoms with Gasteiger partial charge in [-0.2, -0.15) is 0 Å². The number of thioether (sulfide) groups is 1. The van der Waals surface area contributed by atoms with Gasteiger partial charge in [-0.25, -0.2) is 9.97 Å². The van der Waals surface area contributed by atoms with E-state index in [1.165, 1.54) is 5.56 Å². The molecule has 0 N–H and O–H groups in total. The molecule has 17 heavy (non-hydrogen) atoms. The van der Waals surface area contributed by atoms with Gasteiger partial charge in [-0.05, 0) is 11.6 Å². The van der Waals surface area contributed by atoms with Crippen LogP contribution < -0.4 is 0 Å². The molecule has 0 fully saturated rings. The molecule has 88 valence electrons. The Balaban J connectivity index is 1.97. The molecule has 1 aromatic carbocycles. The van der Waals surface area contributed by atoms with Gasteiger partial charge in [-0.15, -0.1) is 11.8 Å². The van der Waals surface area contributed by atoms with Crippen molar-refractivity contribution in [1.82, 2.24) is 9.97 Å². The van der Waals surface area contributed by atoms with E-state index in [0.29, 0.717) is 5.92 Å². The Morgan fingerprint density at radius 1 is 1.18 bits per heavy atom. The summed E-state index contributed by atoms with van der Waals surface area (Å²) in [4.78, 5) is 8.13. The molecule has 1 unspecified atom stereocenters. The van der Waals surface area contributed by atoms with E-state index in [1.807, 2.05) is 12.1 Å². The Morgan fingerprint density at radius 3 is 2.65 bits per heavy atom. The van der Waals surface area contributed by atoms with Crippen LogP contribution in [0, 0.1) is 0 Å². The maximum Gasteiger partial charge on any atom is 0.116 e. The first-order valence-electron chi connectivity index (χ1n) is 5.40. The molecule has 0 amide bonds. The SMILES string of the molecule is BrCC(CSc1ccncn1)c1ccccc1. The van der Waals surface area contributed by atoms with E-state index in [-0.39, 0.29) is 0 Å². The molecule has 0 aliphatic rings. The van der Waals surface area contributed by atoms with Crippen LogP contribution in [0.5, 0.6) is 0 Å². The van der Waals surface area contributed by atoms with Gasteiger partial charge in [-0.1, -0.05) is 46.3 Å². The van der Waals surface area contributed by atoms with E-state index >= 15 is 0 Å². The highest BCUT2D eigenvalue weighted by Gasteiger charge is 2.10. The number of halogens is 1. The minimum Gasteiger partial charge on any atom is -0.245 e. The number of hydrogen-bond acceptors (Lipinski definition) is 3. The highest BCUT2D eigenvalue weighted by molar-refractivity contribution is 9.09. The quantitative estimate of drug-likeness (QED) is 0.478. The molecule has 2 nitrogen and oxygen atoms in total. The van der Waals surface area contributed by atoms with E-state index < -0.39 is 0 Å². The number of aromatic nitrogens is 2. The number of alkyl halides is 1. The van der Waals surface area contributed by atoms with Crippen LogP contribution >= 0.6 is 27.7 Å². The van der Waals surface area contributed by atoms with Gasteiger partial charge in [0.2, 0.25) is 0 Å². The molecule has 0 spiro atoms. The van der Waals surface area contributed by atoms with Gasteiger partial charge in [0, 0.05) is 23.2 Å². The largest absolute Gasteiger partial charge is 0.245 e. The summed E-state index contributed by atoms with van der Waals surface area (Å²) in [6.07, 6.45) is 3.37. The van der Waals surface area contributed by atoms with E-state index in [1.54, 1.807) is 24.3 Å². The highest BCUT2D eigenvalue weighted by atomic mass is 79.9. The van der Waals surface area contributed by atoms with Crippen LogP contribution in [0.1, 0.15) is 11.5 Å².